The molecule has 2 aliphatic rings. The van der Waals surface area contributed by atoms with E-state index in [-0.39, 0.29) is 5.54 Å². The van der Waals surface area contributed by atoms with Crippen LogP contribution in [0.2, 0.25) is 0 Å². The highest BCUT2D eigenvalue weighted by molar-refractivity contribution is 5.79. The summed E-state index contributed by atoms with van der Waals surface area (Å²) in [6, 6.07) is 0. The van der Waals surface area contributed by atoms with E-state index >= 15 is 0 Å². The average molecular weight is 369 g/mol. The fraction of sp³-hybridized carbons (Fsp3) is 0.950. The standard InChI is InChI=1S/C20H40N4O2/c1-4-21-19(22-10-8-13-25-15-18-9-14-26-16-18)23-17-20(2,3)24-11-6-5-7-12-24/h18H,4-17H2,1-3H3,(H2,21,22,23). The molecular weight excluding hydrogens is 328 g/mol. The van der Waals surface area contributed by atoms with Gasteiger partial charge in [0.1, 0.15) is 0 Å². The predicted molar refractivity (Wildman–Crippen MR) is 108 cm³/mol. The van der Waals surface area contributed by atoms with Crippen molar-refractivity contribution in [3.63, 3.8) is 0 Å². The summed E-state index contributed by atoms with van der Waals surface area (Å²) in [4.78, 5) is 7.42. The number of guanidine groups is 1. The Morgan fingerprint density at radius 3 is 2.73 bits per heavy atom. The maximum atomic E-state index is 5.77. The summed E-state index contributed by atoms with van der Waals surface area (Å²) in [5.41, 5.74) is 0.120. The minimum absolute atomic E-state index is 0.120. The summed E-state index contributed by atoms with van der Waals surface area (Å²) < 4.78 is 11.1. The van der Waals surface area contributed by atoms with Crippen molar-refractivity contribution in [1.29, 1.82) is 0 Å². The van der Waals surface area contributed by atoms with Crippen LogP contribution in [0.15, 0.2) is 4.99 Å². The van der Waals surface area contributed by atoms with Crippen LogP contribution in [0, 0.1) is 5.92 Å². The Bertz CT molecular complexity index is 403. The Morgan fingerprint density at radius 1 is 1.23 bits per heavy atom. The molecule has 0 amide bonds. The molecular formula is C20H40N4O2. The normalized spacial score (nSPS) is 22.6. The number of nitrogens with one attached hydrogen (secondary N) is 2. The van der Waals surface area contributed by atoms with Gasteiger partial charge in [0.25, 0.3) is 0 Å². The molecule has 1 unspecified atom stereocenters. The molecule has 0 aromatic rings. The largest absolute Gasteiger partial charge is 0.381 e. The topological polar surface area (TPSA) is 58.1 Å². The first-order valence-electron chi connectivity index (χ1n) is 10.5. The van der Waals surface area contributed by atoms with Crippen LogP contribution < -0.4 is 10.6 Å². The molecule has 2 aliphatic heterocycles. The molecule has 2 N–H and O–H groups in total. The number of piperidine rings is 1. The summed E-state index contributed by atoms with van der Waals surface area (Å²) >= 11 is 0. The van der Waals surface area contributed by atoms with Crippen molar-refractivity contribution in [3.8, 4) is 0 Å². The van der Waals surface area contributed by atoms with Crippen molar-refractivity contribution in [2.24, 2.45) is 10.9 Å². The molecule has 1 atom stereocenters. The van der Waals surface area contributed by atoms with Crippen LogP contribution in [-0.2, 0) is 9.47 Å². The second-order valence-electron chi connectivity index (χ2n) is 8.14. The lowest BCUT2D eigenvalue weighted by Gasteiger charge is -2.40. The molecule has 2 saturated heterocycles. The summed E-state index contributed by atoms with van der Waals surface area (Å²) in [5, 5.41) is 6.80. The molecule has 2 heterocycles. The summed E-state index contributed by atoms with van der Waals surface area (Å²) in [7, 11) is 0. The molecule has 2 rings (SSSR count). The Balaban J connectivity index is 1.64. The van der Waals surface area contributed by atoms with Crippen molar-refractivity contribution in [1.82, 2.24) is 15.5 Å². The van der Waals surface area contributed by atoms with Crippen molar-refractivity contribution < 1.29 is 9.47 Å². The molecule has 0 aliphatic carbocycles. The number of rotatable bonds is 10. The first-order valence-corrected chi connectivity index (χ1v) is 10.5. The molecule has 0 aromatic carbocycles. The zero-order valence-electron chi connectivity index (χ0n) is 17.2. The molecule has 0 radical (unpaired) electrons. The predicted octanol–water partition coefficient (Wildman–Crippen LogP) is 2.25. The fourth-order valence-electron chi connectivity index (χ4n) is 3.56. The number of aliphatic imine (C=N–C) groups is 1. The van der Waals surface area contributed by atoms with Crippen LogP contribution in [0.4, 0.5) is 0 Å². The van der Waals surface area contributed by atoms with Gasteiger partial charge < -0.3 is 20.1 Å². The van der Waals surface area contributed by atoms with Crippen LogP contribution >= 0.6 is 0 Å². The number of ether oxygens (including phenoxy) is 2. The van der Waals surface area contributed by atoms with Gasteiger partial charge in [-0.1, -0.05) is 6.42 Å². The first-order chi connectivity index (χ1) is 12.6. The zero-order valence-corrected chi connectivity index (χ0v) is 17.2. The smallest absolute Gasteiger partial charge is 0.191 e. The van der Waals surface area contributed by atoms with E-state index in [0.717, 1.165) is 64.9 Å². The van der Waals surface area contributed by atoms with E-state index in [1.807, 2.05) is 0 Å². The van der Waals surface area contributed by atoms with Gasteiger partial charge in [0, 0.05) is 37.8 Å². The summed E-state index contributed by atoms with van der Waals surface area (Å²) in [5.74, 6) is 1.51. The van der Waals surface area contributed by atoms with E-state index in [1.54, 1.807) is 0 Å². The fourth-order valence-corrected chi connectivity index (χ4v) is 3.56. The van der Waals surface area contributed by atoms with Crippen LogP contribution in [0.1, 0.15) is 52.9 Å². The van der Waals surface area contributed by atoms with Gasteiger partial charge >= 0.3 is 0 Å². The van der Waals surface area contributed by atoms with Gasteiger partial charge in [-0.25, -0.2) is 0 Å². The van der Waals surface area contributed by atoms with E-state index in [2.05, 4.69) is 36.3 Å². The van der Waals surface area contributed by atoms with Gasteiger partial charge in [-0.15, -0.1) is 0 Å². The Hall–Kier alpha value is -0.850. The highest BCUT2D eigenvalue weighted by atomic mass is 16.5. The van der Waals surface area contributed by atoms with E-state index in [1.165, 1.54) is 32.4 Å². The Kier molecular flexibility index (Phi) is 9.72. The third-order valence-electron chi connectivity index (χ3n) is 5.32. The molecule has 0 aromatic heterocycles. The van der Waals surface area contributed by atoms with Gasteiger partial charge in [-0.2, -0.15) is 0 Å². The number of nitrogens with zero attached hydrogens (tertiary/aromatic N) is 2. The van der Waals surface area contributed by atoms with Crippen molar-refractivity contribution >= 4 is 5.96 Å². The van der Waals surface area contributed by atoms with Gasteiger partial charge in [0.05, 0.1) is 19.8 Å². The van der Waals surface area contributed by atoms with E-state index < -0.39 is 0 Å². The van der Waals surface area contributed by atoms with E-state index in [0.29, 0.717) is 5.92 Å². The molecule has 0 saturated carbocycles. The minimum atomic E-state index is 0.120. The number of hydrogen-bond donors (Lipinski definition) is 2. The second kappa shape index (κ2) is 11.8. The van der Waals surface area contributed by atoms with E-state index in [9.17, 15) is 0 Å². The third kappa shape index (κ3) is 7.80. The lowest BCUT2D eigenvalue weighted by molar-refractivity contribution is 0.0887. The molecule has 0 spiro atoms. The van der Waals surface area contributed by atoms with Gasteiger partial charge in [-0.05, 0) is 59.5 Å². The number of likely N-dealkylation sites (tertiary alicyclic amines) is 1. The number of hydrogen-bond acceptors (Lipinski definition) is 4. The third-order valence-corrected chi connectivity index (χ3v) is 5.32. The minimum Gasteiger partial charge on any atom is -0.381 e. The Labute approximate surface area is 160 Å². The van der Waals surface area contributed by atoms with Crippen molar-refractivity contribution in [3.05, 3.63) is 0 Å². The lowest BCUT2D eigenvalue weighted by Crippen LogP contribution is -2.49. The molecule has 152 valence electrons. The first kappa shape index (κ1) is 21.5. The summed E-state index contributed by atoms with van der Waals surface area (Å²) in [6.07, 6.45) is 6.14. The maximum Gasteiger partial charge on any atom is 0.191 e. The average Bonchev–Trinajstić information content (AvgIpc) is 3.16. The Morgan fingerprint density at radius 2 is 2.04 bits per heavy atom. The molecule has 2 fully saturated rings. The molecule has 0 bridgehead atoms. The maximum absolute atomic E-state index is 5.77. The quantitative estimate of drug-likeness (QED) is 0.352. The lowest BCUT2D eigenvalue weighted by atomic mass is 9.99. The van der Waals surface area contributed by atoms with Crippen LogP contribution in [0.25, 0.3) is 0 Å². The zero-order chi connectivity index (χ0) is 18.7. The molecule has 6 heteroatoms. The summed E-state index contributed by atoms with van der Waals surface area (Å²) in [6.45, 7) is 15.1. The van der Waals surface area contributed by atoms with Gasteiger partial charge in [0.15, 0.2) is 5.96 Å². The highest BCUT2D eigenvalue weighted by Gasteiger charge is 2.27. The van der Waals surface area contributed by atoms with Gasteiger partial charge in [0.2, 0.25) is 0 Å². The monoisotopic (exact) mass is 368 g/mol. The van der Waals surface area contributed by atoms with Crippen molar-refractivity contribution in [2.45, 2.75) is 58.4 Å². The molecule has 26 heavy (non-hydrogen) atoms. The highest BCUT2D eigenvalue weighted by Crippen LogP contribution is 2.20. The molecule has 6 nitrogen and oxygen atoms in total. The van der Waals surface area contributed by atoms with Crippen molar-refractivity contribution in [2.75, 3.05) is 59.2 Å². The van der Waals surface area contributed by atoms with Crippen LogP contribution in [-0.4, -0.2) is 75.5 Å². The van der Waals surface area contributed by atoms with Gasteiger partial charge in [-0.3, -0.25) is 9.89 Å². The SMILES string of the molecule is CCNC(=NCC(C)(C)N1CCCCC1)NCCCOCC1CCOC1. The van der Waals surface area contributed by atoms with Crippen LogP contribution in [0.5, 0.6) is 0 Å². The van der Waals surface area contributed by atoms with E-state index in [4.69, 9.17) is 14.5 Å². The van der Waals surface area contributed by atoms with Crippen LogP contribution in [0.3, 0.4) is 0 Å². The second-order valence-corrected chi connectivity index (χ2v) is 8.14.